The Kier molecular flexibility index (Phi) is 10.5. The second-order valence-corrected chi connectivity index (χ2v) is 9.42. The van der Waals surface area contributed by atoms with Crippen molar-refractivity contribution in [2.24, 2.45) is 5.73 Å². The average Bonchev–Trinajstić information content (AvgIpc) is 3.63. The van der Waals surface area contributed by atoms with E-state index in [-0.39, 0.29) is 10.6 Å². The third kappa shape index (κ3) is 8.02. The SMILES string of the molecule is NCCc1c[nH]c2ccccc12.O=[N+]([O-])c1ccccc1F.O=[N+]([O-])c1ccccc1NCCc1c[nH]c2ccccc12. The molecule has 0 aliphatic heterocycles. The topological polar surface area (TPSA) is 156 Å². The van der Waals surface area contributed by atoms with Gasteiger partial charge in [-0.2, -0.15) is 4.39 Å². The summed E-state index contributed by atoms with van der Waals surface area (Å²) in [6.07, 6.45) is 5.78. The highest BCUT2D eigenvalue weighted by Gasteiger charge is 2.12. The normalized spacial score (nSPS) is 10.4. The van der Waals surface area contributed by atoms with Crippen LogP contribution in [0.1, 0.15) is 11.1 Å². The van der Waals surface area contributed by atoms with Gasteiger partial charge >= 0.3 is 5.69 Å². The van der Waals surface area contributed by atoms with E-state index in [1.807, 2.05) is 36.7 Å². The number of nitrogens with zero attached hydrogens (tertiary/aromatic N) is 2. The number of nitro benzene ring substituents is 2. The molecule has 0 saturated heterocycles. The van der Waals surface area contributed by atoms with Crippen molar-refractivity contribution < 1.29 is 14.2 Å². The molecular formula is C32H31FN6O4. The molecule has 0 aliphatic carbocycles. The van der Waals surface area contributed by atoms with Gasteiger partial charge < -0.3 is 21.0 Å². The third-order valence-corrected chi connectivity index (χ3v) is 6.62. The number of fused-ring (bicyclic) bond motifs is 2. The van der Waals surface area contributed by atoms with Gasteiger partial charge in [0.25, 0.3) is 5.69 Å². The maximum atomic E-state index is 12.4. The van der Waals surface area contributed by atoms with Crippen LogP contribution in [0.15, 0.2) is 109 Å². The monoisotopic (exact) mass is 582 g/mol. The highest BCUT2D eigenvalue weighted by molar-refractivity contribution is 5.83. The molecule has 0 amide bonds. The van der Waals surface area contributed by atoms with Crippen LogP contribution in [0, 0.1) is 26.0 Å². The predicted molar refractivity (Wildman–Crippen MR) is 168 cm³/mol. The molecule has 2 heterocycles. The summed E-state index contributed by atoms with van der Waals surface area (Å²) in [6.45, 7) is 1.36. The van der Waals surface area contributed by atoms with Crippen molar-refractivity contribution >= 4 is 38.9 Å². The van der Waals surface area contributed by atoms with Gasteiger partial charge in [0, 0.05) is 52.9 Å². The van der Waals surface area contributed by atoms with Gasteiger partial charge in [0.05, 0.1) is 9.85 Å². The maximum absolute atomic E-state index is 12.4. The van der Waals surface area contributed by atoms with Crippen molar-refractivity contribution in [3.05, 3.63) is 147 Å². The number of anilines is 1. The Hall–Kier alpha value is -5.55. The lowest BCUT2D eigenvalue weighted by Crippen LogP contribution is -2.06. The third-order valence-electron chi connectivity index (χ3n) is 6.62. The molecule has 6 aromatic rings. The summed E-state index contributed by atoms with van der Waals surface area (Å²) in [4.78, 5) is 26.3. The smallest absolute Gasteiger partial charge is 0.304 e. The molecule has 0 aliphatic rings. The van der Waals surface area contributed by atoms with E-state index in [4.69, 9.17) is 5.73 Å². The quantitative estimate of drug-likeness (QED) is 0.110. The standard InChI is InChI=1S/C16H15N3O2.C10H12N2.C6H4FNO2/c20-19(21)16-8-4-3-7-15(16)17-10-9-12-11-18-14-6-2-1-5-13(12)14;11-6-5-8-7-12-10-4-2-1-3-9(8)10;7-5-3-1-2-4-6(5)8(9)10/h1-8,11,17-18H,9-10H2;1-4,7,12H,5-6,11H2;1-4H. The number of aromatic amines is 2. The fourth-order valence-electron chi connectivity index (χ4n) is 4.55. The zero-order valence-corrected chi connectivity index (χ0v) is 23.2. The minimum Gasteiger partial charge on any atom is -0.379 e. The van der Waals surface area contributed by atoms with Crippen LogP contribution in [-0.2, 0) is 12.8 Å². The molecule has 0 saturated carbocycles. The minimum absolute atomic E-state index is 0.108. The largest absolute Gasteiger partial charge is 0.379 e. The van der Waals surface area contributed by atoms with Gasteiger partial charge in [0.1, 0.15) is 5.69 Å². The van der Waals surface area contributed by atoms with Crippen molar-refractivity contribution in [2.75, 3.05) is 18.4 Å². The summed E-state index contributed by atoms with van der Waals surface area (Å²) in [5.74, 6) is -0.799. The van der Waals surface area contributed by atoms with E-state index in [0.717, 1.165) is 30.5 Å². The number of halogens is 1. The molecule has 0 bridgehead atoms. The number of hydrogen-bond donors (Lipinski definition) is 4. The van der Waals surface area contributed by atoms with E-state index >= 15 is 0 Å². The summed E-state index contributed by atoms with van der Waals surface area (Å²) >= 11 is 0. The first kappa shape index (κ1) is 30.4. The number of nitro groups is 2. The lowest BCUT2D eigenvalue weighted by molar-refractivity contribution is -0.387. The number of nitrogens with two attached hydrogens (primary N) is 1. The maximum Gasteiger partial charge on any atom is 0.304 e. The Morgan fingerprint density at radius 1 is 0.674 bits per heavy atom. The van der Waals surface area contributed by atoms with Crippen molar-refractivity contribution in [2.45, 2.75) is 12.8 Å². The van der Waals surface area contributed by atoms with E-state index in [0.29, 0.717) is 18.8 Å². The molecule has 10 nitrogen and oxygen atoms in total. The molecule has 0 unspecified atom stereocenters. The van der Waals surface area contributed by atoms with E-state index < -0.39 is 16.4 Å². The van der Waals surface area contributed by atoms with Crippen LogP contribution in [0.5, 0.6) is 0 Å². The highest BCUT2D eigenvalue weighted by Crippen LogP contribution is 2.24. The first-order chi connectivity index (χ1) is 20.9. The number of para-hydroxylation sites is 5. The molecule has 0 radical (unpaired) electrons. The number of hydrogen-bond acceptors (Lipinski definition) is 6. The summed E-state index contributed by atoms with van der Waals surface area (Å²) in [5.41, 5.74) is 10.5. The fraction of sp³-hybridized carbons (Fsp3) is 0.125. The second kappa shape index (κ2) is 14.9. The first-order valence-electron chi connectivity index (χ1n) is 13.5. The summed E-state index contributed by atoms with van der Waals surface area (Å²) in [5, 5.41) is 26.6. The summed E-state index contributed by atoms with van der Waals surface area (Å²) < 4.78 is 12.4. The molecule has 5 N–H and O–H groups in total. The molecule has 6 rings (SSSR count). The average molecular weight is 583 g/mol. The Bertz CT molecular complexity index is 1820. The van der Waals surface area contributed by atoms with E-state index in [9.17, 15) is 24.6 Å². The van der Waals surface area contributed by atoms with Gasteiger partial charge in [-0.15, -0.1) is 0 Å². The highest BCUT2D eigenvalue weighted by atomic mass is 19.1. The van der Waals surface area contributed by atoms with Crippen molar-refractivity contribution in [3.63, 3.8) is 0 Å². The number of rotatable bonds is 8. The fourth-order valence-corrected chi connectivity index (χ4v) is 4.55. The molecule has 4 aromatic carbocycles. The number of benzene rings is 4. The molecule has 11 heteroatoms. The molecule has 2 aromatic heterocycles. The Morgan fingerprint density at radius 2 is 1.16 bits per heavy atom. The van der Waals surface area contributed by atoms with Crippen LogP contribution in [0.25, 0.3) is 21.8 Å². The zero-order valence-electron chi connectivity index (χ0n) is 23.2. The van der Waals surface area contributed by atoms with Gasteiger partial charge in [-0.1, -0.05) is 60.7 Å². The van der Waals surface area contributed by atoms with Gasteiger partial charge in [-0.25, -0.2) is 0 Å². The number of nitrogens with one attached hydrogen (secondary N) is 3. The van der Waals surface area contributed by atoms with Gasteiger partial charge in [0.15, 0.2) is 0 Å². The van der Waals surface area contributed by atoms with E-state index in [1.165, 1.54) is 45.6 Å². The van der Waals surface area contributed by atoms with Crippen LogP contribution >= 0.6 is 0 Å². The number of H-pyrrole nitrogens is 2. The first-order valence-corrected chi connectivity index (χ1v) is 13.5. The van der Waals surface area contributed by atoms with Crippen molar-refractivity contribution in [1.29, 1.82) is 0 Å². The van der Waals surface area contributed by atoms with Crippen LogP contribution in [-0.4, -0.2) is 32.9 Å². The van der Waals surface area contributed by atoms with Gasteiger partial charge in [-0.05, 0) is 54.8 Å². The molecule has 43 heavy (non-hydrogen) atoms. The zero-order chi connectivity index (χ0) is 30.6. The second-order valence-electron chi connectivity index (χ2n) is 9.42. The van der Waals surface area contributed by atoms with Gasteiger partial charge in [-0.3, -0.25) is 20.2 Å². The Labute approximate surface area is 246 Å². The van der Waals surface area contributed by atoms with Crippen LogP contribution < -0.4 is 11.1 Å². The summed E-state index contributed by atoms with van der Waals surface area (Å²) in [7, 11) is 0. The molecule has 0 fully saturated rings. The van der Waals surface area contributed by atoms with E-state index in [1.54, 1.807) is 18.2 Å². The minimum atomic E-state index is -0.799. The van der Waals surface area contributed by atoms with Crippen molar-refractivity contribution in [1.82, 2.24) is 9.97 Å². The predicted octanol–water partition coefficient (Wildman–Crippen LogP) is 7.13. The van der Waals surface area contributed by atoms with Gasteiger partial charge in [0.2, 0.25) is 5.82 Å². The summed E-state index contributed by atoms with van der Waals surface area (Å²) in [6, 6.07) is 28.1. The number of aromatic nitrogens is 2. The van der Waals surface area contributed by atoms with Crippen LogP contribution in [0.3, 0.4) is 0 Å². The Balaban J connectivity index is 0.000000163. The molecule has 0 atom stereocenters. The molecule has 220 valence electrons. The molecular weight excluding hydrogens is 551 g/mol. The van der Waals surface area contributed by atoms with E-state index in [2.05, 4.69) is 39.6 Å². The van der Waals surface area contributed by atoms with Crippen LogP contribution in [0.2, 0.25) is 0 Å². The Morgan fingerprint density at radius 3 is 1.70 bits per heavy atom. The lowest BCUT2D eigenvalue weighted by atomic mass is 10.1. The van der Waals surface area contributed by atoms with Crippen molar-refractivity contribution in [3.8, 4) is 0 Å². The van der Waals surface area contributed by atoms with Crippen LogP contribution in [0.4, 0.5) is 21.5 Å². The lowest BCUT2D eigenvalue weighted by Gasteiger charge is -2.06. The molecule has 0 spiro atoms.